The van der Waals surface area contributed by atoms with Crippen LogP contribution in [0.4, 0.5) is 11.5 Å². The van der Waals surface area contributed by atoms with Crippen LogP contribution < -0.4 is 20.9 Å². The van der Waals surface area contributed by atoms with Gasteiger partial charge in [0.25, 0.3) is 5.91 Å². The van der Waals surface area contributed by atoms with Crippen molar-refractivity contribution in [2.24, 2.45) is 5.84 Å². The van der Waals surface area contributed by atoms with Crippen molar-refractivity contribution in [2.45, 2.75) is 19.6 Å². The van der Waals surface area contributed by atoms with Crippen molar-refractivity contribution >= 4 is 17.4 Å². The molecule has 2 heterocycles. The third-order valence-electron chi connectivity index (χ3n) is 3.35. The third kappa shape index (κ3) is 2.53. The Hall–Kier alpha value is -2.60. The van der Waals surface area contributed by atoms with E-state index in [4.69, 9.17) is 10.6 Å². The van der Waals surface area contributed by atoms with Gasteiger partial charge in [0.2, 0.25) is 0 Å². The van der Waals surface area contributed by atoms with Gasteiger partial charge in [0.05, 0.1) is 17.9 Å². The summed E-state index contributed by atoms with van der Waals surface area (Å²) in [6.07, 6.45) is -0.504. The number of para-hydroxylation sites is 2. The van der Waals surface area contributed by atoms with Gasteiger partial charge in [-0.3, -0.25) is 9.69 Å². The summed E-state index contributed by atoms with van der Waals surface area (Å²) in [5, 5.41) is 0. The maximum atomic E-state index is 12.4. The Labute approximate surface area is 122 Å². The first-order valence-corrected chi connectivity index (χ1v) is 6.68. The summed E-state index contributed by atoms with van der Waals surface area (Å²) in [4.78, 5) is 18.4. The minimum absolute atomic E-state index is 0.0818. The van der Waals surface area contributed by atoms with E-state index >= 15 is 0 Å². The molecule has 108 valence electrons. The molecule has 1 aromatic carbocycles. The number of hydrogen-bond acceptors (Lipinski definition) is 5. The van der Waals surface area contributed by atoms with Gasteiger partial charge in [0.15, 0.2) is 6.10 Å². The van der Waals surface area contributed by atoms with Crippen LogP contribution >= 0.6 is 0 Å². The van der Waals surface area contributed by atoms with Crippen molar-refractivity contribution in [1.29, 1.82) is 0 Å². The van der Waals surface area contributed by atoms with Crippen LogP contribution in [-0.4, -0.2) is 17.0 Å². The molecule has 1 aromatic heterocycles. The first kappa shape index (κ1) is 13.4. The van der Waals surface area contributed by atoms with Crippen LogP contribution in [0.1, 0.15) is 12.6 Å². The zero-order valence-electron chi connectivity index (χ0n) is 11.6. The number of carbonyl (C=O) groups excluding carboxylic acids is 1. The molecular weight excluding hydrogens is 268 g/mol. The molecule has 1 aliphatic heterocycles. The van der Waals surface area contributed by atoms with Crippen LogP contribution in [0.15, 0.2) is 42.5 Å². The molecule has 0 saturated carbocycles. The Morgan fingerprint density at radius 3 is 2.90 bits per heavy atom. The quantitative estimate of drug-likeness (QED) is 0.662. The summed E-state index contributed by atoms with van der Waals surface area (Å²) >= 11 is 0. The van der Waals surface area contributed by atoms with Crippen LogP contribution in [-0.2, 0) is 11.3 Å². The van der Waals surface area contributed by atoms with Gasteiger partial charge in [0.1, 0.15) is 11.6 Å². The first-order chi connectivity index (χ1) is 10.2. The number of pyridine rings is 1. The molecular formula is C15H16N4O2. The number of nitrogens with zero attached hydrogens (tertiary/aromatic N) is 2. The molecule has 1 aliphatic rings. The van der Waals surface area contributed by atoms with Crippen molar-refractivity contribution < 1.29 is 9.53 Å². The highest BCUT2D eigenvalue weighted by Gasteiger charge is 2.31. The number of aromatic nitrogens is 1. The largest absolute Gasteiger partial charge is 0.479 e. The van der Waals surface area contributed by atoms with E-state index in [1.54, 1.807) is 17.9 Å². The molecule has 3 rings (SSSR count). The number of nitrogens with one attached hydrogen (secondary N) is 1. The Kier molecular flexibility index (Phi) is 3.45. The number of anilines is 2. The van der Waals surface area contributed by atoms with Crippen molar-refractivity contribution in [2.75, 3.05) is 10.3 Å². The fourth-order valence-corrected chi connectivity index (χ4v) is 2.33. The highest BCUT2D eigenvalue weighted by Crippen LogP contribution is 2.34. The lowest BCUT2D eigenvalue weighted by molar-refractivity contribution is -0.125. The van der Waals surface area contributed by atoms with E-state index < -0.39 is 6.10 Å². The molecule has 2 aromatic rings. The summed E-state index contributed by atoms with van der Waals surface area (Å²) in [6, 6.07) is 13.0. The van der Waals surface area contributed by atoms with Crippen LogP contribution in [0.5, 0.6) is 5.75 Å². The summed E-state index contributed by atoms with van der Waals surface area (Å²) in [6.45, 7) is 2.12. The second-order valence-electron chi connectivity index (χ2n) is 4.81. The molecule has 0 saturated heterocycles. The number of nitrogens with two attached hydrogens (primary N) is 1. The first-order valence-electron chi connectivity index (χ1n) is 6.68. The second kappa shape index (κ2) is 5.41. The Morgan fingerprint density at radius 1 is 1.29 bits per heavy atom. The molecule has 0 bridgehead atoms. The average Bonchev–Trinajstić information content (AvgIpc) is 2.52. The SMILES string of the molecule is CC1Oc2ccccc2N(Cc2cccc(NN)n2)C1=O. The maximum absolute atomic E-state index is 12.4. The fraction of sp³-hybridized carbons (Fsp3) is 0.200. The van der Waals surface area contributed by atoms with E-state index in [1.165, 1.54) is 0 Å². The number of carbonyl (C=O) groups is 1. The molecule has 0 fully saturated rings. The normalized spacial score (nSPS) is 17.1. The zero-order chi connectivity index (χ0) is 14.8. The molecule has 1 amide bonds. The number of hydrogen-bond donors (Lipinski definition) is 2. The maximum Gasteiger partial charge on any atom is 0.268 e. The van der Waals surface area contributed by atoms with Gasteiger partial charge in [-0.1, -0.05) is 18.2 Å². The predicted octanol–water partition coefficient (Wildman–Crippen LogP) is 1.68. The van der Waals surface area contributed by atoms with E-state index in [-0.39, 0.29) is 5.91 Å². The highest BCUT2D eigenvalue weighted by molar-refractivity contribution is 5.99. The minimum Gasteiger partial charge on any atom is -0.479 e. The van der Waals surface area contributed by atoms with E-state index in [9.17, 15) is 4.79 Å². The molecule has 1 unspecified atom stereocenters. The van der Waals surface area contributed by atoms with Gasteiger partial charge >= 0.3 is 0 Å². The van der Waals surface area contributed by atoms with Crippen LogP contribution in [0, 0.1) is 0 Å². The van der Waals surface area contributed by atoms with E-state index in [2.05, 4.69) is 10.4 Å². The van der Waals surface area contributed by atoms with Crippen molar-refractivity contribution in [3.63, 3.8) is 0 Å². The van der Waals surface area contributed by atoms with Gasteiger partial charge in [-0.25, -0.2) is 10.8 Å². The third-order valence-corrected chi connectivity index (χ3v) is 3.35. The fourth-order valence-electron chi connectivity index (χ4n) is 2.33. The van der Waals surface area contributed by atoms with Crippen LogP contribution in [0.3, 0.4) is 0 Å². The van der Waals surface area contributed by atoms with Crippen molar-refractivity contribution in [1.82, 2.24) is 4.98 Å². The average molecular weight is 284 g/mol. The molecule has 21 heavy (non-hydrogen) atoms. The smallest absolute Gasteiger partial charge is 0.268 e. The number of ether oxygens (including phenoxy) is 1. The second-order valence-corrected chi connectivity index (χ2v) is 4.81. The monoisotopic (exact) mass is 284 g/mol. The lowest BCUT2D eigenvalue weighted by atomic mass is 10.1. The molecule has 6 nitrogen and oxygen atoms in total. The summed E-state index contributed by atoms with van der Waals surface area (Å²) in [5.74, 6) is 6.55. The van der Waals surface area contributed by atoms with Gasteiger partial charge in [-0.05, 0) is 31.2 Å². The number of benzene rings is 1. The Balaban J connectivity index is 1.94. The van der Waals surface area contributed by atoms with Gasteiger partial charge in [0, 0.05) is 0 Å². The van der Waals surface area contributed by atoms with Crippen molar-refractivity contribution in [3.05, 3.63) is 48.2 Å². The molecule has 0 aliphatic carbocycles. The lowest BCUT2D eigenvalue weighted by Crippen LogP contribution is -2.44. The number of fused-ring (bicyclic) bond motifs is 1. The minimum atomic E-state index is -0.504. The molecule has 0 radical (unpaired) electrons. The molecule has 1 atom stereocenters. The summed E-state index contributed by atoms with van der Waals surface area (Å²) in [5.41, 5.74) is 4.01. The molecule has 6 heteroatoms. The van der Waals surface area contributed by atoms with Crippen LogP contribution in [0.25, 0.3) is 0 Å². The lowest BCUT2D eigenvalue weighted by Gasteiger charge is -2.32. The predicted molar refractivity (Wildman–Crippen MR) is 79.8 cm³/mol. The van der Waals surface area contributed by atoms with Gasteiger partial charge < -0.3 is 10.2 Å². The van der Waals surface area contributed by atoms with E-state index in [1.807, 2.05) is 36.4 Å². The standard InChI is InChI=1S/C15H16N4O2/c1-10-15(20)19(12-6-2-3-7-13(12)21-10)9-11-5-4-8-14(17-11)18-16/h2-8,10H,9,16H2,1H3,(H,17,18). The number of amides is 1. The van der Waals surface area contributed by atoms with Crippen molar-refractivity contribution in [3.8, 4) is 5.75 Å². The van der Waals surface area contributed by atoms with E-state index in [0.717, 1.165) is 11.4 Å². The highest BCUT2D eigenvalue weighted by atomic mass is 16.5. The van der Waals surface area contributed by atoms with Gasteiger partial charge in [-0.15, -0.1) is 0 Å². The number of hydrazine groups is 1. The molecule has 0 spiro atoms. The number of nitrogen functional groups attached to an aromatic ring is 1. The molecule has 3 N–H and O–H groups in total. The topological polar surface area (TPSA) is 80.5 Å². The van der Waals surface area contributed by atoms with Crippen LogP contribution in [0.2, 0.25) is 0 Å². The Bertz CT molecular complexity index is 674. The summed E-state index contributed by atoms with van der Waals surface area (Å²) in [7, 11) is 0. The summed E-state index contributed by atoms with van der Waals surface area (Å²) < 4.78 is 5.61. The zero-order valence-corrected chi connectivity index (χ0v) is 11.6. The van der Waals surface area contributed by atoms with Gasteiger partial charge in [-0.2, -0.15) is 0 Å². The Morgan fingerprint density at radius 2 is 2.10 bits per heavy atom. The number of rotatable bonds is 3. The van der Waals surface area contributed by atoms with E-state index in [0.29, 0.717) is 18.1 Å².